The molecule has 2 aliphatic rings. The summed E-state index contributed by atoms with van der Waals surface area (Å²) in [5.41, 5.74) is 3.53. The Kier molecular flexibility index (Phi) is 5.57. The van der Waals surface area contributed by atoms with Crippen LogP contribution in [0, 0.1) is 0 Å². The van der Waals surface area contributed by atoms with E-state index in [-0.39, 0.29) is 17.7 Å². The van der Waals surface area contributed by atoms with Crippen LogP contribution in [0.4, 0.5) is 5.95 Å². The third-order valence-electron chi connectivity index (χ3n) is 6.18. The van der Waals surface area contributed by atoms with E-state index in [0.717, 1.165) is 26.9 Å². The van der Waals surface area contributed by atoms with Crippen LogP contribution in [0.1, 0.15) is 35.9 Å². The normalized spacial score (nSPS) is 19.5. The largest absolute Gasteiger partial charge is 0.493 e. The molecular formula is C24H23BrN4O4. The molecule has 1 aromatic heterocycles. The molecule has 1 aliphatic carbocycles. The first kappa shape index (κ1) is 21.5. The van der Waals surface area contributed by atoms with Gasteiger partial charge in [0, 0.05) is 22.2 Å². The number of carbonyl (C=O) groups excluding carboxylic acids is 1. The number of Topliss-reactive ketones (excluding diaryl/α,β-unsaturated/α-hetero) is 1. The van der Waals surface area contributed by atoms with Gasteiger partial charge >= 0.3 is 0 Å². The van der Waals surface area contributed by atoms with Gasteiger partial charge < -0.3 is 19.5 Å². The average molecular weight is 511 g/mol. The molecule has 170 valence electrons. The first-order chi connectivity index (χ1) is 16.0. The molecule has 0 unspecified atom stereocenters. The minimum absolute atomic E-state index is 0.0462. The summed E-state index contributed by atoms with van der Waals surface area (Å²) >= 11 is 3.55. The fourth-order valence-corrected chi connectivity index (χ4v) is 5.13. The number of carbonyl (C=O) groups is 1. The van der Waals surface area contributed by atoms with E-state index in [1.807, 2.05) is 36.4 Å². The molecule has 2 heterocycles. The number of hydrogen-bond acceptors (Lipinski definition) is 7. The fourth-order valence-electron chi connectivity index (χ4n) is 4.71. The number of hydrogen-bond donors (Lipinski definition) is 1. The van der Waals surface area contributed by atoms with Crippen LogP contribution in [-0.2, 0) is 4.79 Å². The zero-order valence-corrected chi connectivity index (χ0v) is 20.0. The number of rotatable bonds is 5. The van der Waals surface area contributed by atoms with Gasteiger partial charge in [-0.2, -0.15) is 10.1 Å². The van der Waals surface area contributed by atoms with E-state index in [1.54, 1.807) is 26.0 Å². The number of benzene rings is 2. The van der Waals surface area contributed by atoms with Crippen LogP contribution in [0.3, 0.4) is 0 Å². The van der Waals surface area contributed by atoms with Gasteiger partial charge in [0.05, 0.1) is 21.3 Å². The van der Waals surface area contributed by atoms with Crippen LogP contribution >= 0.6 is 15.9 Å². The van der Waals surface area contributed by atoms with Crippen molar-refractivity contribution in [3.8, 4) is 17.2 Å². The van der Waals surface area contributed by atoms with Crippen molar-refractivity contribution in [2.45, 2.75) is 24.8 Å². The Morgan fingerprint density at radius 3 is 2.45 bits per heavy atom. The van der Waals surface area contributed by atoms with Crippen molar-refractivity contribution in [1.82, 2.24) is 14.8 Å². The van der Waals surface area contributed by atoms with Gasteiger partial charge in [0.1, 0.15) is 12.4 Å². The van der Waals surface area contributed by atoms with Crippen molar-refractivity contribution >= 4 is 27.7 Å². The molecule has 9 heteroatoms. The smallest absolute Gasteiger partial charge is 0.226 e. The standard InChI is InChI=1S/C24H23BrN4O4/c1-31-19-10-15(11-20(32-2)23(19)33-3)14-8-17-21(18(30)9-14)22(13-5-4-6-16(25)7-13)29-24(28-17)26-12-27-29/h4-7,10-12,14,22H,8-9H2,1-3H3,(H,26,27,28)/t14-,22+/m1/s1. The molecule has 2 atom stereocenters. The summed E-state index contributed by atoms with van der Waals surface area (Å²) in [5.74, 6) is 2.33. The highest BCUT2D eigenvalue weighted by molar-refractivity contribution is 9.10. The summed E-state index contributed by atoms with van der Waals surface area (Å²) in [7, 11) is 4.75. The lowest BCUT2D eigenvalue weighted by atomic mass is 9.78. The van der Waals surface area contributed by atoms with Gasteiger partial charge in [0.15, 0.2) is 17.3 Å². The second-order valence-corrected chi connectivity index (χ2v) is 8.91. The van der Waals surface area contributed by atoms with Crippen molar-refractivity contribution in [2.24, 2.45) is 0 Å². The van der Waals surface area contributed by atoms with E-state index in [2.05, 4.69) is 31.3 Å². The summed E-state index contributed by atoms with van der Waals surface area (Å²) in [6, 6.07) is 11.5. The highest BCUT2D eigenvalue weighted by Crippen LogP contribution is 2.47. The molecule has 0 radical (unpaired) electrons. The SMILES string of the molecule is COc1cc([C@H]2CC(=O)C3=C(C2)Nc2ncnn2[C@H]3c2cccc(Br)c2)cc(OC)c1OC. The first-order valence-electron chi connectivity index (χ1n) is 10.5. The Labute approximate surface area is 199 Å². The second-order valence-electron chi connectivity index (χ2n) is 7.99. The predicted octanol–water partition coefficient (Wildman–Crippen LogP) is 4.48. The molecule has 33 heavy (non-hydrogen) atoms. The minimum Gasteiger partial charge on any atom is -0.493 e. The quantitative estimate of drug-likeness (QED) is 0.541. The van der Waals surface area contributed by atoms with Crippen molar-refractivity contribution in [2.75, 3.05) is 26.6 Å². The molecule has 0 bridgehead atoms. The molecule has 8 nitrogen and oxygen atoms in total. The molecule has 2 aromatic carbocycles. The number of ketones is 1. The number of ether oxygens (including phenoxy) is 3. The number of halogens is 1. The Morgan fingerprint density at radius 2 is 1.79 bits per heavy atom. The third-order valence-corrected chi connectivity index (χ3v) is 6.68. The molecule has 0 saturated carbocycles. The number of aromatic nitrogens is 3. The Morgan fingerprint density at radius 1 is 1.03 bits per heavy atom. The van der Waals surface area contributed by atoms with Crippen LogP contribution in [-0.4, -0.2) is 41.9 Å². The zero-order valence-electron chi connectivity index (χ0n) is 18.5. The van der Waals surface area contributed by atoms with Gasteiger partial charge in [-0.25, -0.2) is 4.68 Å². The fraction of sp³-hybridized carbons (Fsp3) is 0.292. The number of allylic oxidation sites excluding steroid dienone is 2. The summed E-state index contributed by atoms with van der Waals surface area (Å²) in [5, 5.41) is 7.76. The maximum Gasteiger partial charge on any atom is 0.226 e. The zero-order chi connectivity index (χ0) is 23.1. The number of fused-ring (bicyclic) bond motifs is 1. The summed E-state index contributed by atoms with van der Waals surface area (Å²) in [6.45, 7) is 0. The molecular weight excluding hydrogens is 488 g/mol. The lowest BCUT2D eigenvalue weighted by Crippen LogP contribution is -2.33. The van der Waals surface area contributed by atoms with Gasteiger partial charge in [-0.15, -0.1) is 0 Å². The van der Waals surface area contributed by atoms with Gasteiger partial charge in [0.2, 0.25) is 11.7 Å². The van der Waals surface area contributed by atoms with Gasteiger partial charge in [-0.05, 0) is 47.7 Å². The van der Waals surface area contributed by atoms with E-state index in [4.69, 9.17) is 14.2 Å². The maximum atomic E-state index is 13.6. The van der Waals surface area contributed by atoms with Gasteiger partial charge in [-0.1, -0.05) is 28.1 Å². The summed E-state index contributed by atoms with van der Waals surface area (Å²) < 4.78 is 19.2. The molecule has 1 aliphatic heterocycles. The summed E-state index contributed by atoms with van der Waals surface area (Å²) in [6.07, 6.45) is 2.53. The van der Waals surface area contributed by atoms with E-state index in [9.17, 15) is 4.79 Å². The highest BCUT2D eigenvalue weighted by atomic mass is 79.9. The Balaban J connectivity index is 1.58. The molecule has 5 rings (SSSR count). The molecule has 3 aromatic rings. The van der Waals surface area contributed by atoms with Crippen LogP contribution in [0.5, 0.6) is 17.2 Å². The number of nitrogens with one attached hydrogen (secondary N) is 1. The predicted molar refractivity (Wildman–Crippen MR) is 126 cm³/mol. The molecule has 0 amide bonds. The Hall–Kier alpha value is -3.33. The van der Waals surface area contributed by atoms with E-state index in [0.29, 0.717) is 36.0 Å². The first-order valence-corrected chi connectivity index (χ1v) is 11.3. The number of anilines is 1. The minimum atomic E-state index is -0.329. The third kappa shape index (κ3) is 3.66. The second kappa shape index (κ2) is 8.55. The summed E-state index contributed by atoms with van der Waals surface area (Å²) in [4.78, 5) is 18.0. The van der Waals surface area contributed by atoms with Crippen LogP contribution in [0.2, 0.25) is 0 Å². The van der Waals surface area contributed by atoms with Crippen molar-refractivity contribution in [3.63, 3.8) is 0 Å². The Bertz CT molecular complexity index is 1240. The monoisotopic (exact) mass is 510 g/mol. The van der Waals surface area contributed by atoms with E-state index < -0.39 is 0 Å². The van der Waals surface area contributed by atoms with Crippen LogP contribution < -0.4 is 19.5 Å². The van der Waals surface area contributed by atoms with Crippen LogP contribution in [0.25, 0.3) is 0 Å². The maximum absolute atomic E-state index is 13.6. The highest BCUT2D eigenvalue weighted by Gasteiger charge is 2.39. The van der Waals surface area contributed by atoms with Gasteiger partial charge in [-0.3, -0.25) is 4.79 Å². The van der Waals surface area contributed by atoms with E-state index >= 15 is 0 Å². The van der Waals surface area contributed by atoms with Crippen molar-refractivity contribution < 1.29 is 19.0 Å². The number of methoxy groups -OCH3 is 3. The van der Waals surface area contributed by atoms with Crippen LogP contribution in [0.15, 0.2) is 58.5 Å². The topological polar surface area (TPSA) is 87.5 Å². The molecule has 0 saturated heterocycles. The van der Waals surface area contributed by atoms with Gasteiger partial charge in [0.25, 0.3) is 0 Å². The average Bonchev–Trinajstić information content (AvgIpc) is 3.29. The van der Waals surface area contributed by atoms with Crippen molar-refractivity contribution in [1.29, 1.82) is 0 Å². The number of nitrogens with zero attached hydrogens (tertiary/aromatic N) is 3. The molecule has 1 N–H and O–H groups in total. The lowest BCUT2D eigenvalue weighted by Gasteiger charge is -2.35. The van der Waals surface area contributed by atoms with Crippen molar-refractivity contribution in [3.05, 3.63) is 69.6 Å². The lowest BCUT2D eigenvalue weighted by molar-refractivity contribution is -0.116. The van der Waals surface area contributed by atoms with E-state index in [1.165, 1.54) is 6.33 Å². The molecule has 0 spiro atoms. The molecule has 0 fully saturated rings.